The molecule has 0 saturated heterocycles. The molecule has 8 rings (SSSR count). The maximum absolute atomic E-state index is 12.2. The zero-order valence-corrected chi connectivity index (χ0v) is 22.7. The van der Waals surface area contributed by atoms with Gasteiger partial charge in [-0.15, -0.1) is 0 Å². The van der Waals surface area contributed by atoms with E-state index in [1.165, 1.54) is 70.6 Å². The Labute approximate surface area is 213 Å². The first-order valence-corrected chi connectivity index (χ1v) is 14.6. The lowest BCUT2D eigenvalue weighted by Crippen LogP contribution is -2.58. The molecule has 35 heavy (non-hydrogen) atoms. The predicted octanol–water partition coefficient (Wildman–Crippen LogP) is 7.69. The van der Waals surface area contributed by atoms with Crippen LogP contribution in [0, 0.1) is 52.8 Å². The van der Waals surface area contributed by atoms with Crippen molar-refractivity contribution in [1.82, 2.24) is 0 Å². The van der Waals surface area contributed by atoms with Gasteiger partial charge in [0, 0.05) is 12.0 Å². The third-order valence-electron chi connectivity index (χ3n) is 11.8. The van der Waals surface area contributed by atoms with Gasteiger partial charge in [-0.05, 0) is 150 Å². The van der Waals surface area contributed by atoms with Gasteiger partial charge in [0.25, 0.3) is 0 Å². The number of ketones is 1. The van der Waals surface area contributed by atoms with Crippen molar-refractivity contribution in [3.05, 3.63) is 24.3 Å². The van der Waals surface area contributed by atoms with Crippen LogP contribution in [0.2, 0.25) is 0 Å². The zero-order chi connectivity index (χ0) is 25.1. The highest BCUT2D eigenvalue weighted by Crippen LogP contribution is 2.65. The van der Waals surface area contributed by atoms with E-state index in [-0.39, 0.29) is 11.6 Å². The largest absolute Gasteiger partial charge is 0.455 e. The third kappa shape index (κ3) is 4.37. The molecule has 0 aliphatic heterocycles. The van der Waals surface area contributed by atoms with Gasteiger partial charge in [-0.2, -0.15) is 0 Å². The molecule has 0 spiro atoms. The van der Waals surface area contributed by atoms with Crippen LogP contribution >= 0.6 is 0 Å². The van der Waals surface area contributed by atoms with Crippen molar-refractivity contribution in [2.45, 2.75) is 110 Å². The summed E-state index contributed by atoms with van der Waals surface area (Å²) in [6, 6.07) is 0. The molecule has 0 aromatic rings. The topological polar surface area (TPSA) is 43.4 Å². The second kappa shape index (κ2) is 9.18. The number of carbonyl (C=O) groups excluding carboxylic acids is 2. The Morgan fingerprint density at radius 1 is 0.714 bits per heavy atom. The van der Waals surface area contributed by atoms with Gasteiger partial charge in [0.15, 0.2) is 5.78 Å². The summed E-state index contributed by atoms with van der Waals surface area (Å²) in [4.78, 5) is 24.0. The fraction of sp³-hybridized carbons (Fsp3) is 0.812. The summed E-state index contributed by atoms with van der Waals surface area (Å²) in [5.41, 5.74) is 1.42. The molecule has 8 bridgehead atoms. The Hall–Kier alpha value is -1.38. The molecule has 8 fully saturated rings. The van der Waals surface area contributed by atoms with E-state index in [4.69, 9.17) is 4.74 Å². The average molecular weight is 481 g/mol. The molecular formula is C32H48O3. The van der Waals surface area contributed by atoms with Gasteiger partial charge >= 0.3 is 5.97 Å². The summed E-state index contributed by atoms with van der Waals surface area (Å²) in [6.07, 6.45) is 15.6. The van der Waals surface area contributed by atoms with Crippen LogP contribution in [-0.4, -0.2) is 17.4 Å². The first-order chi connectivity index (χ1) is 16.5. The summed E-state index contributed by atoms with van der Waals surface area (Å²) in [6.45, 7) is 15.6. The highest BCUT2D eigenvalue weighted by atomic mass is 16.6. The van der Waals surface area contributed by atoms with Crippen LogP contribution in [0.4, 0.5) is 0 Å². The van der Waals surface area contributed by atoms with Gasteiger partial charge in [-0.3, -0.25) is 4.79 Å². The second-order valence-electron chi connectivity index (χ2n) is 13.9. The summed E-state index contributed by atoms with van der Waals surface area (Å²) in [5.74, 6) is 6.81. The summed E-state index contributed by atoms with van der Waals surface area (Å²) >= 11 is 0. The minimum absolute atomic E-state index is 0.194. The van der Waals surface area contributed by atoms with Gasteiger partial charge in [0.1, 0.15) is 5.60 Å². The van der Waals surface area contributed by atoms with Crippen LogP contribution in [0.5, 0.6) is 0 Å². The fourth-order valence-electron chi connectivity index (χ4n) is 10.1. The number of esters is 1. The van der Waals surface area contributed by atoms with Crippen LogP contribution in [-0.2, 0) is 14.3 Å². The Balaban J connectivity index is 0.000000145. The lowest BCUT2D eigenvalue weighted by atomic mass is 9.43. The maximum Gasteiger partial charge on any atom is 0.333 e. The highest BCUT2D eigenvalue weighted by Gasteiger charge is 2.58. The van der Waals surface area contributed by atoms with E-state index in [1.807, 2.05) is 6.92 Å². The number of hydrogen-bond donors (Lipinski definition) is 0. The Morgan fingerprint density at radius 2 is 1.11 bits per heavy atom. The third-order valence-corrected chi connectivity index (χ3v) is 11.8. The lowest BCUT2D eigenvalue weighted by Gasteiger charge is -2.61. The van der Waals surface area contributed by atoms with Crippen LogP contribution in [0.25, 0.3) is 0 Å². The van der Waals surface area contributed by atoms with Crippen molar-refractivity contribution in [3.63, 3.8) is 0 Å². The Bertz CT molecular complexity index is 838. The Kier molecular flexibility index (Phi) is 6.63. The number of Topliss-reactive ketones (excluding diaryl/α,β-unsaturated/α-hetero) is 1. The van der Waals surface area contributed by atoms with Gasteiger partial charge in [0.2, 0.25) is 0 Å². The number of rotatable bonds is 6. The van der Waals surface area contributed by atoms with Crippen molar-refractivity contribution in [1.29, 1.82) is 0 Å². The second-order valence-corrected chi connectivity index (χ2v) is 13.9. The lowest BCUT2D eigenvalue weighted by molar-refractivity contribution is -0.199. The number of carbonyl (C=O) groups is 2. The molecule has 0 atom stereocenters. The summed E-state index contributed by atoms with van der Waals surface area (Å²) in [5, 5.41) is 0. The summed E-state index contributed by atoms with van der Waals surface area (Å²) in [7, 11) is 0. The van der Waals surface area contributed by atoms with E-state index in [0.29, 0.717) is 28.6 Å². The zero-order valence-electron chi connectivity index (χ0n) is 22.7. The molecule has 0 amide bonds. The Morgan fingerprint density at radius 3 is 1.46 bits per heavy atom. The first kappa shape index (κ1) is 25.3. The molecule has 0 aromatic carbocycles. The predicted molar refractivity (Wildman–Crippen MR) is 141 cm³/mol. The van der Waals surface area contributed by atoms with Crippen molar-refractivity contribution < 1.29 is 14.3 Å². The smallest absolute Gasteiger partial charge is 0.333 e. The van der Waals surface area contributed by atoms with Crippen LogP contribution in [0.15, 0.2) is 24.3 Å². The summed E-state index contributed by atoms with van der Waals surface area (Å²) < 4.78 is 5.84. The van der Waals surface area contributed by atoms with E-state index in [9.17, 15) is 9.59 Å². The van der Waals surface area contributed by atoms with E-state index in [2.05, 4.69) is 27.0 Å². The molecule has 8 aliphatic rings. The molecule has 8 saturated carbocycles. The van der Waals surface area contributed by atoms with Crippen LogP contribution in [0.3, 0.4) is 0 Å². The van der Waals surface area contributed by atoms with Crippen molar-refractivity contribution in [3.8, 4) is 0 Å². The minimum atomic E-state index is -0.205. The minimum Gasteiger partial charge on any atom is -0.455 e. The van der Waals surface area contributed by atoms with Gasteiger partial charge in [-0.1, -0.05) is 20.1 Å². The molecule has 3 nitrogen and oxygen atoms in total. The van der Waals surface area contributed by atoms with Gasteiger partial charge in [-0.25, -0.2) is 4.79 Å². The molecule has 0 heterocycles. The normalized spacial score (nSPS) is 46.1. The fourth-order valence-corrected chi connectivity index (χ4v) is 10.1. The SMILES string of the molecule is C=C(C)C(=O)CC1(CC)C2CC3CC(C2)CC1C3.C=C(C)C(=O)OC1(C)C2CC3CC(C2)CC1C3. The highest BCUT2D eigenvalue weighted by molar-refractivity contribution is 5.94. The molecular weight excluding hydrogens is 432 g/mol. The molecule has 0 aromatic heterocycles. The molecule has 0 N–H and O–H groups in total. The van der Waals surface area contributed by atoms with E-state index in [0.717, 1.165) is 47.5 Å². The number of allylic oxidation sites excluding steroid dienone is 1. The monoisotopic (exact) mass is 480 g/mol. The van der Waals surface area contributed by atoms with E-state index >= 15 is 0 Å². The first-order valence-electron chi connectivity index (χ1n) is 14.6. The van der Waals surface area contributed by atoms with Gasteiger partial charge in [0.05, 0.1) is 0 Å². The van der Waals surface area contributed by atoms with Crippen molar-refractivity contribution in [2.24, 2.45) is 52.8 Å². The molecule has 0 unspecified atom stereocenters. The molecule has 8 aliphatic carbocycles. The standard InChI is InChI=1S/C17H26O.C15H22O2/c1-4-17(10-16(18)11(2)3)14-6-12-5-13(8-14)9-15(17)7-12;1-9(2)14(16)17-15(3)12-5-10-4-11(7-12)8-13(15)6-10/h12-15H,2,4-10H2,1,3H3;10-13H,1,4-8H2,2-3H3. The number of ether oxygens (including phenoxy) is 1. The van der Waals surface area contributed by atoms with Crippen molar-refractivity contribution >= 4 is 11.8 Å². The molecule has 194 valence electrons. The average Bonchev–Trinajstić information content (AvgIpc) is 2.79. The molecule has 0 radical (unpaired) electrons. The van der Waals surface area contributed by atoms with Crippen LogP contribution in [0.1, 0.15) is 105 Å². The van der Waals surface area contributed by atoms with Crippen LogP contribution < -0.4 is 0 Å². The van der Waals surface area contributed by atoms with E-state index in [1.54, 1.807) is 6.92 Å². The van der Waals surface area contributed by atoms with E-state index < -0.39 is 0 Å². The molecule has 3 heteroatoms. The van der Waals surface area contributed by atoms with Crippen molar-refractivity contribution in [2.75, 3.05) is 0 Å². The van der Waals surface area contributed by atoms with Gasteiger partial charge < -0.3 is 4.74 Å². The number of hydrogen-bond acceptors (Lipinski definition) is 3. The quantitative estimate of drug-likeness (QED) is 0.289. The maximum atomic E-state index is 12.2.